The van der Waals surface area contributed by atoms with Gasteiger partial charge >= 0.3 is 0 Å². The van der Waals surface area contributed by atoms with Gasteiger partial charge in [0.2, 0.25) is 10.0 Å². The first-order chi connectivity index (χ1) is 10.5. The molecular weight excluding hydrogens is 441 g/mol. The summed E-state index contributed by atoms with van der Waals surface area (Å²) in [4.78, 5) is 2.57. The maximum atomic E-state index is 12.3. The topological polar surface area (TPSA) is 70.7 Å². The Morgan fingerprint density at radius 2 is 1.96 bits per heavy atom. The average molecular weight is 465 g/mol. The van der Waals surface area contributed by atoms with Crippen LogP contribution in [0.5, 0.6) is 5.75 Å². The van der Waals surface area contributed by atoms with Crippen LogP contribution in [0.1, 0.15) is 6.42 Å². The zero-order chi connectivity index (χ0) is 16.0. The number of sulfonamides is 1. The number of piperazine rings is 1. The molecule has 10 heteroatoms. The van der Waals surface area contributed by atoms with Crippen LogP contribution in [0.4, 0.5) is 0 Å². The van der Waals surface area contributed by atoms with E-state index < -0.39 is 10.0 Å². The van der Waals surface area contributed by atoms with Gasteiger partial charge in [0.15, 0.2) is 0 Å². The van der Waals surface area contributed by atoms with Gasteiger partial charge in [0.1, 0.15) is 5.75 Å². The number of methoxy groups -OCH3 is 1. The van der Waals surface area contributed by atoms with E-state index in [9.17, 15) is 8.42 Å². The van der Waals surface area contributed by atoms with E-state index in [-0.39, 0.29) is 29.7 Å². The molecule has 2 rings (SSSR count). The lowest BCUT2D eigenvalue weighted by Gasteiger charge is -2.27. The maximum Gasteiger partial charge on any atom is 0.241 e. The third-order valence-corrected chi connectivity index (χ3v) is 6.02. The molecular formula is C14H24BrCl2N3O3S. The predicted octanol–water partition coefficient (Wildman–Crippen LogP) is 1.87. The second-order valence-corrected chi connectivity index (χ2v) is 7.73. The predicted molar refractivity (Wildman–Crippen MR) is 104 cm³/mol. The highest BCUT2D eigenvalue weighted by molar-refractivity contribution is 9.10. The molecule has 140 valence electrons. The van der Waals surface area contributed by atoms with Gasteiger partial charge in [0.05, 0.1) is 12.0 Å². The van der Waals surface area contributed by atoms with Gasteiger partial charge in [0.25, 0.3) is 0 Å². The quantitative estimate of drug-likeness (QED) is 0.603. The Bertz CT molecular complexity index is 599. The third kappa shape index (κ3) is 7.03. The monoisotopic (exact) mass is 463 g/mol. The molecule has 1 aromatic carbocycles. The minimum absolute atomic E-state index is 0. The number of halogens is 3. The molecule has 0 spiro atoms. The van der Waals surface area contributed by atoms with E-state index in [0.717, 1.165) is 39.1 Å². The van der Waals surface area contributed by atoms with Crippen LogP contribution in [0.25, 0.3) is 0 Å². The van der Waals surface area contributed by atoms with Crippen LogP contribution < -0.4 is 14.8 Å². The Kier molecular flexibility index (Phi) is 11.5. The minimum Gasteiger partial charge on any atom is -0.497 e. The molecule has 1 aromatic rings. The molecule has 0 bridgehead atoms. The van der Waals surface area contributed by atoms with Crippen LogP contribution in [-0.2, 0) is 10.0 Å². The van der Waals surface area contributed by atoms with Gasteiger partial charge in [-0.2, -0.15) is 0 Å². The van der Waals surface area contributed by atoms with Gasteiger partial charge in [-0.05, 0) is 47.1 Å². The van der Waals surface area contributed by atoms with E-state index >= 15 is 0 Å². The zero-order valence-corrected chi connectivity index (χ0v) is 17.5. The van der Waals surface area contributed by atoms with Gasteiger partial charge in [-0.25, -0.2) is 13.1 Å². The van der Waals surface area contributed by atoms with E-state index in [1.807, 2.05) is 0 Å². The summed E-state index contributed by atoms with van der Waals surface area (Å²) in [5.41, 5.74) is 0. The third-order valence-electron chi connectivity index (χ3n) is 3.58. The van der Waals surface area contributed by atoms with Crippen molar-refractivity contribution in [1.82, 2.24) is 14.9 Å². The van der Waals surface area contributed by atoms with Crippen molar-refractivity contribution in [3.05, 3.63) is 22.7 Å². The van der Waals surface area contributed by atoms with Crippen molar-refractivity contribution in [2.24, 2.45) is 0 Å². The highest BCUT2D eigenvalue weighted by Gasteiger charge is 2.18. The highest BCUT2D eigenvalue weighted by atomic mass is 79.9. The molecule has 0 unspecified atom stereocenters. The largest absolute Gasteiger partial charge is 0.497 e. The molecule has 1 saturated heterocycles. The van der Waals surface area contributed by atoms with Crippen molar-refractivity contribution in [3.8, 4) is 5.75 Å². The SMILES string of the molecule is COc1ccc(S(=O)(=O)NCCCN2CCNCC2)c(Br)c1.Cl.Cl. The molecule has 0 aromatic heterocycles. The van der Waals surface area contributed by atoms with Crippen molar-refractivity contribution in [2.75, 3.05) is 46.4 Å². The maximum absolute atomic E-state index is 12.3. The lowest BCUT2D eigenvalue weighted by molar-refractivity contribution is 0.239. The van der Waals surface area contributed by atoms with Crippen LogP contribution >= 0.6 is 40.7 Å². The van der Waals surface area contributed by atoms with Crippen molar-refractivity contribution in [2.45, 2.75) is 11.3 Å². The summed E-state index contributed by atoms with van der Waals surface area (Å²) < 4.78 is 32.8. The standard InChI is InChI=1S/C14H22BrN3O3S.2ClH/c1-21-12-3-4-14(13(15)11-12)22(19,20)17-5-2-8-18-9-6-16-7-10-18;;/h3-4,11,16-17H,2,5-10H2,1H3;2*1H. The summed E-state index contributed by atoms with van der Waals surface area (Å²) in [6.07, 6.45) is 0.799. The first-order valence-electron chi connectivity index (χ1n) is 7.29. The van der Waals surface area contributed by atoms with Crippen molar-refractivity contribution in [3.63, 3.8) is 0 Å². The molecule has 0 radical (unpaired) electrons. The molecule has 2 N–H and O–H groups in total. The molecule has 1 aliphatic heterocycles. The van der Waals surface area contributed by atoms with Crippen molar-refractivity contribution >= 4 is 50.8 Å². The van der Waals surface area contributed by atoms with Crippen LogP contribution in [-0.4, -0.2) is 59.7 Å². The van der Waals surface area contributed by atoms with E-state index in [0.29, 0.717) is 16.8 Å². The summed E-state index contributed by atoms with van der Waals surface area (Å²) in [5, 5.41) is 3.30. The van der Waals surface area contributed by atoms with Crippen LogP contribution in [0.15, 0.2) is 27.6 Å². The summed E-state index contributed by atoms with van der Waals surface area (Å²) in [6, 6.07) is 4.83. The first-order valence-corrected chi connectivity index (χ1v) is 9.57. The molecule has 1 fully saturated rings. The second-order valence-electron chi connectivity index (χ2n) is 5.14. The lowest BCUT2D eigenvalue weighted by atomic mass is 10.3. The summed E-state index contributed by atoms with van der Waals surface area (Å²) >= 11 is 3.28. The molecule has 0 amide bonds. The van der Waals surface area contributed by atoms with E-state index in [2.05, 4.69) is 30.9 Å². The fraction of sp³-hybridized carbons (Fsp3) is 0.571. The molecule has 6 nitrogen and oxygen atoms in total. The highest BCUT2D eigenvalue weighted by Crippen LogP contribution is 2.26. The van der Waals surface area contributed by atoms with Gasteiger partial charge in [0, 0.05) is 37.2 Å². The average Bonchev–Trinajstić information content (AvgIpc) is 2.52. The number of rotatable bonds is 7. The lowest BCUT2D eigenvalue weighted by Crippen LogP contribution is -2.44. The fourth-order valence-electron chi connectivity index (χ4n) is 2.35. The second kappa shape index (κ2) is 11.5. The molecule has 0 saturated carbocycles. The number of hydrogen-bond acceptors (Lipinski definition) is 5. The molecule has 0 aliphatic carbocycles. The zero-order valence-electron chi connectivity index (χ0n) is 13.5. The Balaban J connectivity index is 0.00000264. The van der Waals surface area contributed by atoms with Crippen LogP contribution in [0.2, 0.25) is 0 Å². The van der Waals surface area contributed by atoms with Crippen molar-refractivity contribution in [1.29, 1.82) is 0 Å². The van der Waals surface area contributed by atoms with E-state index in [1.165, 1.54) is 0 Å². The van der Waals surface area contributed by atoms with Gasteiger partial charge in [-0.3, -0.25) is 0 Å². The Hall–Kier alpha value is -0.0900. The minimum atomic E-state index is -3.50. The first kappa shape index (κ1) is 23.9. The Morgan fingerprint density at radius 3 is 2.54 bits per heavy atom. The van der Waals surface area contributed by atoms with Crippen LogP contribution in [0.3, 0.4) is 0 Å². The number of hydrogen-bond donors (Lipinski definition) is 2. The summed E-state index contributed by atoms with van der Waals surface area (Å²) in [5.74, 6) is 0.615. The number of nitrogens with one attached hydrogen (secondary N) is 2. The summed E-state index contributed by atoms with van der Waals surface area (Å²) in [7, 11) is -1.96. The number of nitrogens with zero attached hydrogens (tertiary/aromatic N) is 1. The van der Waals surface area contributed by atoms with Gasteiger partial charge in [-0.1, -0.05) is 0 Å². The van der Waals surface area contributed by atoms with Crippen molar-refractivity contribution < 1.29 is 13.2 Å². The van der Waals surface area contributed by atoms with Gasteiger partial charge < -0.3 is 15.0 Å². The van der Waals surface area contributed by atoms with Gasteiger partial charge in [-0.15, -0.1) is 24.8 Å². The van der Waals surface area contributed by atoms with E-state index in [4.69, 9.17) is 4.74 Å². The normalized spacial score (nSPS) is 15.2. The Labute approximate surface area is 164 Å². The molecule has 1 heterocycles. The fourth-order valence-corrected chi connectivity index (χ4v) is 4.48. The Morgan fingerprint density at radius 1 is 1.29 bits per heavy atom. The number of benzene rings is 1. The van der Waals surface area contributed by atoms with E-state index in [1.54, 1.807) is 25.3 Å². The molecule has 24 heavy (non-hydrogen) atoms. The smallest absolute Gasteiger partial charge is 0.241 e. The van der Waals surface area contributed by atoms with Crippen LogP contribution in [0, 0.1) is 0 Å². The molecule has 0 atom stereocenters. The summed E-state index contributed by atoms with van der Waals surface area (Å²) in [6.45, 7) is 5.40. The number of ether oxygens (including phenoxy) is 1. The molecule has 1 aliphatic rings.